The summed E-state index contributed by atoms with van der Waals surface area (Å²) in [6.07, 6.45) is 4.08. The first-order chi connectivity index (χ1) is 8.28. The fraction of sp³-hybridized carbons (Fsp3) is 0.818. The van der Waals surface area contributed by atoms with Crippen molar-refractivity contribution < 1.29 is 4.74 Å². The van der Waals surface area contributed by atoms with Crippen molar-refractivity contribution in [2.24, 2.45) is 5.73 Å². The van der Waals surface area contributed by atoms with Crippen LogP contribution in [0, 0.1) is 0 Å². The molecule has 0 aromatic carbocycles. The fourth-order valence-corrected chi connectivity index (χ4v) is 2.01. The molecule has 2 heterocycles. The van der Waals surface area contributed by atoms with Crippen LogP contribution in [0.2, 0.25) is 0 Å². The van der Waals surface area contributed by atoms with Crippen molar-refractivity contribution in [2.75, 3.05) is 33.3 Å². The van der Waals surface area contributed by atoms with Crippen molar-refractivity contribution in [3.63, 3.8) is 0 Å². The van der Waals surface area contributed by atoms with E-state index in [0.717, 1.165) is 44.8 Å². The van der Waals surface area contributed by atoms with E-state index < -0.39 is 0 Å². The van der Waals surface area contributed by atoms with Gasteiger partial charge in [0, 0.05) is 19.3 Å². The molecule has 0 spiro atoms. The molecule has 1 unspecified atom stereocenters. The Hall–Kier alpha value is -0.980. The highest BCUT2D eigenvalue weighted by atomic mass is 16.5. The maximum atomic E-state index is 5.69. The Morgan fingerprint density at radius 1 is 1.59 bits per heavy atom. The minimum atomic E-state index is 0.220. The second-order valence-electron chi connectivity index (χ2n) is 4.58. The molecule has 1 aliphatic heterocycles. The number of ether oxygens (including phenoxy) is 1. The number of nitrogens with zero attached hydrogens (tertiary/aromatic N) is 4. The molecule has 2 N–H and O–H groups in total. The third-order valence-electron chi connectivity index (χ3n) is 2.96. The summed E-state index contributed by atoms with van der Waals surface area (Å²) in [5, 5.41) is 8.24. The molecule has 1 aromatic rings. The number of nitrogens with two attached hydrogens (primary N) is 1. The first-order valence-electron chi connectivity index (χ1n) is 6.17. The van der Waals surface area contributed by atoms with Crippen LogP contribution in [0.3, 0.4) is 0 Å². The van der Waals surface area contributed by atoms with Crippen molar-refractivity contribution in [1.82, 2.24) is 19.9 Å². The van der Waals surface area contributed by atoms with Crippen LogP contribution in [0.25, 0.3) is 0 Å². The molecule has 1 fully saturated rings. The van der Waals surface area contributed by atoms with Gasteiger partial charge in [-0.2, -0.15) is 0 Å². The van der Waals surface area contributed by atoms with Gasteiger partial charge in [-0.1, -0.05) is 5.21 Å². The van der Waals surface area contributed by atoms with Crippen molar-refractivity contribution in [3.8, 4) is 0 Å². The predicted octanol–water partition coefficient (Wildman–Crippen LogP) is -0.500. The van der Waals surface area contributed by atoms with Crippen molar-refractivity contribution in [3.05, 3.63) is 11.9 Å². The molecule has 2 rings (SSSR count). The standard InChI is InChI=1S/C11H21N5O/c1-15-5-6-17-11(8-15)9-16-7-10(13-14-16)3-2-4-12/h7,11H,2-6,8-9,12H2,1H3. The Kier molecular flexibility index (Phi) is 4.47. The molecule has 6 heteroatoms. The highest BCUT2D eigenvalue weighted by Crippen LogP contribution is 2.06. The quantitative estimate of drug-likeness (QED) is 0.750. The summed E-state index contributed by atoms with van der Waals surface area (Å²) < 4.78 is 7.56. The van der Waals surface area contributed by atoms with E-state index in [1.807, 2.05) is 10.9 Å². The van der Waals surface area contributed by atoms with Crippen molar-refractivity contribution in [2.45, 2.75) is 25.5 Å². The van der Waals surface area contributed by atoms with Crippen LogP contribution in [0.1, 0.15) is 12.1 Å². The second kappa shape index (κ2) is 6.09. The first kappa shape index (κ1) is 12.5. The topological polar surface area (TPSA) is 69.2 Å². The third-order valence-corrected chi connectivity index (χ3v) is 2.96. The Labute approximate surface area is 102 Å². The molecule has 1 aliphatic rings. The van der Waals surface area contributed by atoms with Crippen molar-refractivity contribution in [1.29, 1.82) is 0 Å². The van der Waals surface area contributed by atoms with E-state index in [9.17, 15) is 0 Å². The van der Waals surface area contributed by atoms with Crippen LogP contribution in [0.4, 0.5) is 0 Å². The monoisotopic (exact) mass is 239 g/mol. The van der Waals surface area contributed by atoms with Gasteiger partial charge in [-0.3, -0.25) is 0 Å². The predicted molar refractivity (Wildman–Crippen MR) is 64.6 cm³/mol. The average Bonchev–Trinajstić information content (AvgIpc) is 2.74. The van der Waals surface area contributed by atoms with Crippen LogP contribution < -0.4 is 5.73 Å². The molecule has 0 bridgehead atoms. The number of morpholine rings is 1. The van der Waals surface area contributed by atoms with E-state index in [2.05, 4.69) is 22.3 Å². The zero-order valence-corrected chi connectivity index (χ0v) is 10.4. The number of hydrogen-bond donors (Lipinski definition) is 1. The van der Waals surface area contributed by atoms with E-state index >= 15 is 0 Å². The molecule has 0 saturated carbocycles. The van der Waals surface area contributed by atoms with E-state index in [0.29, 0.717) is 6.54 Å². The van der Waals surface area contributed by atoms with Crippen LogP contribution in [-0.2, 0) is 17.7 Å². The number of rotatable bonds is 5. The molecule has 1 aromatic heterocycles. The lowest BCUT2D eigenvalue weighted by Gasteiger charge is -2.29. The maximum absolute atomic E-state index is 5.69. The molecule has 0 aliphatic carbocycles. The highest BCUT2D eigenvalue weighted by Gasteiger charge is 2.18. The molecule has 1 saturated heterocycles. The molecule has 96 valence electrons. The highest BCUT2D eigenvalue weighted by molar-refractivity contribution is 4.92. The van der Waals surface area contributed by atoms with Gasteiger partial charge in [0.05, 0.1) is 24.9 Å². The maximum Gasteiger partial charge on any atom is 0.0898 e. The largest absolute Gasteiger partial charge is 0.374 e. The Morgan fingerprint density at radius 3 is 3.24 bits per heavy atom. The lowest BCUT2D eigenvalue weighted by Crippen LogP contribution is -2.42. The van der Waals surface area contributed by atoms with Gasteiger partial charge >= 0.3 is 0 Å². The number of hydrogen-bond acceptors (Lipinski definition) is 5. The van der Waals surface area contributed by atoms with Crippen LogP contribution in [0.5, 0.6) is 0 Å². The summed E-state index contributed by atoms with van der Waals surface area (Å²) in [7, 11) is 2.11. The van der Waals surface area contributed by atoms with Gasteiger partial charge in [0.15, 0.2) is 0 Å². The zero-order chi connectivity index (χ0) is 12.1. The van der Waals surface area contributed by atoms with Gasteiger partial charge in [-0.25, -0.2) is 4.68 Å². The van der Waals surface area contributed by atoms with E-state index in [1.165, 1.54) is 0 Å². The van der Waals surface area contributed by atoms with Gasteiger partial charge in [0.2, 0.25) is 0 Å². The third kappa shape index (κ3) is 3.76. The minimum absolute atomic E-state index is 0.220. The van der Waals surface area contributed by atoms with Crippen LogP contribution >= 0.6 is 0 Å². The van der Waals surface area contributed by atoms with Crippen LogP contribution in [0.15, 0.2) is 6.20 Å². The summed E-state index contributed by atoms with van der Waals surface area (Å²) in [6, 6.07) is 0. The minimum Gasteiger partial charge on any atom is -0.374 e. The number of likely N-dealkylation sites (N-methyl/N-ethyl adjacent to an activating group) is 1. The zero-order valence-electron chi connectivity index (χ0n) is 10.4. The molecule has 1 atom stereocenters. The molecular weight excluding hydrogens is 218 g/mol. The molecule has 6 nitrogen and oxygen atoms in total. The summed E-state index contributed by atoms with van der Waals surface area (Å²) in [5.74, 6) is 0. The fourth-order valence-electron chi connectivity index (χ4n) is 2.01. The Balaban J connectivity index is 1.83. The van der Waals surface area contributed by atoms with Crippen molar-refractivity contribution >= 4 is 0 Å². The summed E-state index contributed by atoms with van der Waals surface area (Å²) in [5.41, 5.74) is 6.48. The molecular formula is C11H21N5O. The summed E-state index contributed by atoms with van der Waals surface area (Å²) >= 11 is 0. The smallest absolute Gasteiger partial charge is 0.0898 e. The van der Waals surface area contributed by atoms with Gasteiger partial charge in [0.1, 0.15) is 0 Å². The van der Waals surface area contributed by atoms with E-state index in [1.54, 1.807) is 0 Å². The average molecular weight is 239 g/mol. The summed E-state index contributed by atoms with van der Waals surface area (Å²) in [6.45, 7) is 4.24. The van der Waals surface area contributed by atoms with Gasteiger partial charge in [0.25, 0.3) is 0 Å². The van der Waals surface area contributed by atoms with Gasteiger partial charge in [-0.05, 0) is 26.4 Å². The summed E-state index contributed by atoms with van der Waals surface area (Å²) in [4.78, 5) is 2.28. The van der Waals surface area contributed by atoms with Crippen LogP contribution in [-0.4, -0.2) is 59.3 Å². The SMILES string of the molecule is CN1CCOC(Cn2cc(CCCN)nn2)C1. The van der Waals surface area contributed by atoms with Gasteiger partial charge < -0.3 is 15.4 Å². The van der Waals surface area contributed by atoms with E-state index in [4.69, 9.17) is 10.5 Å². The number of aryl methyl sites for hydroxylation is 1. The first-order valence-corrected chi connectivity index (χ1v) is 6.17. The Bertz CT molecular complexity index is 340. The molecule has 17 heavy (non-hydrogen) atoms. The molecule has 0 amide bonds. The Morgan fingerprint density at radius 2 is 2.47 bits per heavy atom. The lowest BCUT2D eigenvalue weighted by atomic mass is 10.2. The van der Waals surface area contributed by atoms with Gasteiger partial charge in [-0.15, -0.1) is 5.10 Å². The molecule has 0 radical (unpaired) electrons. The van der Waals surface area contributed by atoms with E-state index in [-0.39, 0.29) is 6.10 Å². The lowest BCUT2D eigenvalue weighted by molar-refractivity contribution is -0.0292. The normalized spacial score (nSPS) is 21.9. The second-order valence-corrected chi connectivity index (χ2v) is 4.58. The number of aromatic nitrogens is 3.